The third-order valence-corrected chi connectivity index (χ3v) is 2.69. The smallest absolute Gasteiger partial charge is 0.224 e. The fraction of sp³-hybridized carbons (Fsp3) is 0.462. The summed E-state index contributed by atoms with van der Waals surface area (Å²) in [5.41, 5.74) is 0.914. The van der Waals surface area contributed by atoms with Crippen LogP contribution in [0.2, 0.25) is 5.02 Å². The first-order valence-corrected chi connectivity index (χ1v) is 6.18. The molecule has 1 aromatic carbocycles. The van der Waals surface area contributed by atoms with Gasteiger partial charge in [-0.1, -0.05) is 37.1 Å². The molecule has 3 nitrogen and oxygen atoms in total. The summed E-state index contributed by atoms with van der Waals surface area (Å²) in [6.07, 6.45) is 1.49. The van der Waals surface area contributed by atoms with Crippen molar-refractivity contribution in [3.8, 4) is 0 Å². The second kappa shape index (κ2) is 7.30. The normalized spacial score (nSPS) is 12.2. The van der Waals surface area contributed by atoms with Crippen molar-refractivity contribution in [3.63, 3.8) is 0 Å². The number of aliphatic hydroxyl groups is 1. The second-order valence-corrected chi connectivity index (χ2v) is 4.49. The third-order valence-electron chi connectivity index (χ3n) is 2.43. The lowest BCUT2D eigenvalue weighted by Gasteiger charge is -2.10. The number of benzene rings is 1. The molecule has 0 spiro atoms. The Morgan fingerprint density at radius 2 is 2.06 bits per heavy atom. The number of halogens is 1. The standard InChI is InChI=1S/C13H18ClNO2/c1-2-3-12(16)9-15-13(17)8-10-4-6-11(14)7-5-10/h4-7,12,16H,2-3,8-9H2,1H3,(H,15,17). The van der Waals surface area contributed by atoms with Crippen molar-refractivity contribution in [1.29, 1.82) is 0 Å². The highest BCUT2D eigenvalue weighted by atomic mass is 35.5. The number of aliphatic hydroxyl groups excluding tert-OH is 1. The zero-order valence-corrected chi connectivity index (χ0v) is 10.7. The Morgan fingerprint density at radius 1 is 1.41 bits per heavy atom. The summed E-state index contributed by atoms with van der Waals surface area (Å²) in [5, 5.41) is 12.8. The molecule has 2 N–H and O–H groups in total. The molecule has 4 heteroatoms. The Bertz CT molecular complexity index is 351. The van der Waals surface area contributed by atoms with Crippen LogP contribution in [0.25, 0.3) is 0 Å². The highest BCUT2D eigenvalue weighted by Gasteiger charge is 2.06. The van der Waals surface area contributed by atoms with Crippen molar-refractivity contribution in [1.82, 2.24) is 5.32 Å². The molecule has 0 bridgehead atoms. The lowest BCUT2D eigenvalue weighted by Crippen LogP contribution is -2.33. The van der Waals surface area contributed by atoms with Gasteiger partial charge in [0.15, 0.2) is 0 Å². The monoisotopic (exact) mass is 255 g/mol. The first kappa shape index (κ1) is 14.0. The van der Waals surface area contributed by atoms with Gasteiger partial charge in [0.05, 0.1) is 12.5 Å². The first-order valence-electron chi connectivity index (χ1n) is 5.81. The number of nitrogens with one attached hydrogen (secondary N) is 1. The van der Waals surface area contributed by atoms with E-state index < -0.39 is 6.10 Å². The van der Waals surface area contributed by atoms with Crippen LogP contribution in [0.4, 0.5) is 0 Å². The van der Waals surface area contributed by atoms with Gasteiger partial charge in [0.2, 0.25) is 5.91 Å². The molecule has 94 valence electrons. The van der Waals surface area contributed by atoms with Gasteiger partial charge in [-0.15, -0.1) is 0 Å². The molecular weight excluding hydrogens is 238 g/mol. The number of hydrogen-bond acceptors (Lipinski definition) is 2. The maximum atomic E-state index is 11.6. The topological polar surface area (TPSA) is 49.3 Å². The van der Waals surface area contributed by atoms with E-state index in [0.717, 1.165) is 12.0 Å². The Balaban J connectivity index is 2.32. The van der Waals surface area contributed by atoms with Crippen LogP contribution in [0.15, 0.2) is 24.3 Å². The minimum absolute atomic E-state index is 0.0810. The molecule has 1 atom stereocenters. The molecule has 0 aliphatic heterocycles. The summed E-state index contributed by atoms with van der Waals surface area (Å²) in [6.45, 7) is 2.32. The van der Waals surface area contributed by atoms with Crippen LogP contribution in [0.5, 0.6) is 0 Å². The van der Waals surface area contributed by atoms with E-state index in [1.807, 2.05) is 19.1 Å². The van der Waals surface area contributed by atoms with Gasteiger partial charge >= 0.3 is 0 Å². The number of carbonyl (C=O) groups excluding carboxylic acids is 1. The summed E-state index contributed by atoms with van der Waals surface area (Å²) >= 11 is 5.75. The van der Waals surface area contributed by atoms with Crippen molar-refractivity contribution >= 4 is 17.5 Å². The fourth-order valence-corrected chi connectivity index (χ4v) is 1.64. The largest absolute Gasteiger partial charge is 0.391 e. The molecule has 1 unspecified atom stereocenters. The van der Waals surface area contributed by atoms with Gasteiger partial charge in [0, 0.05) is 11.6 Å². The molecular formula is C13H18ClNO2. The van der Waals surface area contributed by atoms with Crippen LogP contribution in [-0.4, -0.2) is 23.7 Å². The quantitative estimate of drug-likeness (QED) is 0.819. The van der Waals surface area contributed by atoms with Crippen molar-refractivity contribution in [2.24, 2.45) is 0 Å². The van der Waals surface area contributed by atoms with E-state index in [9.17, 15) is 9.90 Å². The van der Waals surface area contributed by atoms with E-state index >= 15 is 0 Å². The van der Waals surface area contributed by atoms with Gasteiger partial charge < -0.3 is 10.4 Å². The molecule has 0 saturated heterocycles. The Kier molecular flexibility index (Phi) is 6.01. The maximum Gasteiger partial charge on any atom is 0.224 e. The van der Waals surface area contributed by atoms with Gasteiger partial charge in [-0.3, -0.25) is 4.79 Å². The predicted molar refractivity (Wildman–Crippen MR) is 69.1 cm³/mol. The van der Waals surface area contributed by atoms with Gasteiger partial charge in [-0.2, -0.15) is 0 Å². The van der Waals surface area contributed by atoms with Crippen molar-refractivity contribution in [3.05, 3.63) is 34.9 Å². The van der Waals surface area contributed by atoms with Crippen molar-refractivity contribution in [2.45, 2.75) is 32.3 Å². The van der Waals surface area contributed by atoms with Crippen LogP contribution >= 0.6 is 11.6 Å². The van der Waals surface area contributed by atoms with Crippen LogP contribution in [-0.2, 0) is 11.2 Å². The molecule has 0 aliphatic rings. The van der Waals surface area contributed by atoms with E-state index in [1.165, 1.54) is 0 Å². The predicted octanol–water partition coefficient (Wildman–Crippen LogP) is 2.16. The molecule has 0 saturated carbocycles. The van der Waals surface area contributed by atoms with E-state index in [2.05, 4.69) is 5.32 Å². The van der Waals surface area contributed by atoms with Crippen LogP contribution in [0, 0.1) is 0 Å². The number of carbonyl (C=O) groups is 1. The number of amides is 1. The summed E-state index contributed by atoms with van der Waals surface area (Å²) in [5.74, 6) is -0.0810. The highest BCUT2D eigenvalue weighted by Crippen LogP contribution is 2.09. The summed E-state index contributed by atoms with van der Waals surface area (Å²) in [7, 11) is 0. The van der Waals surface area contributed by atoms with Crippen LogP contribution in [0.1, 0.15) is 25.3 Å². The van der Waals surface area contributed by atoms with Crippen LogP contribution in [0.3, 0.4) is 0 Å². The van der Waals surface area contributed by atoms with Crippen LogP contribution < -0.4 is 5.32 Å². The second-order valence-electron chi connectivity index (χ2n) is 4.05. The van der Waals surface area contributed by atoms with Crippen molar-refractivity contribution < 1.29 is 9.90 Å². The van der Waals surface area contributed by atoms with E-state index in [4.69, 9.17) is 11.6 Å². The average Bonchev–Trinajstić information content (AvgIpc) is 2.30. The zero-order valence-electron chi connectivity index (χ0n) is 9.95. The van der Waals surface area contributed by atoms with E-state index in [-0.39, 0.29) is 5.91 Å². The fourth-order valence-electron chi connectivity index (χ4n) is 1.52. The minimum Gasteiger partial charge on any atom is -0.391 e. The number of rotatable bonds is 6. The maximum absolute atomic E-state index is 11.6. The Morgan fingerprint density at radius 3 is 2.65 bits per heavy atom. The van der Waals surface area contributed by atoms with E-state index in [1.54, 1.807) is 12.1 Å². The Hall–Kier alpha value is -1.06. The highest BCUT2D eigenvalue weighted by molar-refractivity contribution is 6.30. The molecule has 0 heterocycles. The lowest BCUT2D eigenvalue weighted by atomic mass is 10.1. The molecule has 0 radical (unpaired) electrons. The molecule has 1 rings (SSSR count). The summed E-state index contributed by atoms with van der Waals surface area (Å²) in [4.78, 5) is 11.6. The molecule has 0 fully saturated rings. The molecule has 1 amide bonds. The summed E-state index contributed by atoms with van der Waals surface area (Å²) in [6, 6.07) is 7.17. The molecule has 0 aromatic heterocycles. The first-order chi connectivity index (χ1) is 8.11. The molecule has 1 aromatic rings. The molecule has 0 aliphatic carbocycles. The summed E-state index contributed by atoms with van der Waals surface area (Å²) < 4.78 is 0. The third kappa shape index (κ3) is 5.71. The molecule has 17 heavy (non-hydrogen) atoms. The van der Waals surface area contributed by atoms with Gasteiger partial charge in [-0.25, -0.2) is 0 Å². The Labute approximate surface area is 107 Å². The number of hydrogen-bond donors (Lipinski definition) is 2. The minimum atomic E-state index is -0.450. The lowest BCUT2D eigenvalue weighted by molar-refractivity contribution is -0.120. The SMILES string of the molecule is CCCC(O)CNC(=O)Cc1ccc(Cl)cc1. The van der Waals surface area contributed by atoms with Gasteiger partial charge in [0.1, 0.15) is 0 Å². The average molecular weight is 256 g/mol. The van der Waals surface area contributed by atoms with Crippen molar-refractivity contribution in [2.75, 3.05) is 6.54 Å². The van der Waals surface area contributed by atoms with E-state index in [0.29, 0.717) is 24.4 Å². The van der Waals surface area contributed by atoms with Gasteiger partial charge in [0.25, 0.3) is 0 Å². The zero-order chi connectivity index (χ0) is 12.7. The van der Waals surface area contributed by atoms with Gasteiger partial charge in [-0.05, 0) is 24.1 Å².